The van der Waals surface area contributed by atoms with Crippen LogP contribution in [0.3, 0.4) is 0 Å². The van der Waals surface area contributed by atoms with Crippen molar-refractivity contribution in [2.24, 2.45) is 0 Å². The maximum Gasteiger partial charge on any atom is 0.410 e. The van der Waals surface area contributed by atoms with Gasteiger partial charge in [-0.25, -0.2) is 4.79 Å². The summed E-state index contributed by atoms with van der Waals surface area (Å²) in [5, 5.41) is 10.1. The maximum absolute atomic E-state index is 12.7. The number of hydrogen-bond donors (Lipinski definition) is 1. The Bertz CT molecular complexity index is 1120. The van der Waals surface area contributed by atoms with Crippen molar-refractivity contribution >= 4 is 38.7 Å². The zero-order chi connectivity index (χ0) is 24.3. The molecule has 0 atom stereocenters. The van der Waals surface area contributed by atoms with Crippen LogP contribution in [-0.2, 0) is 4.74 Å². The van der Waals surface area contributed by atoms with Crippen molar-refractivity contribution in [3.8, 4) is 11.8 Å². The third-order valence-corrected chi connectivity index (χ3v) is 5.68. The Hall–Kier alpha value is -2.99. The minimum atomic E-state index is -0.516. The summed E-state index contributed by atoms with van der Waals surface area (Å²) >= 11 is 3.55. The summed E-state index contributed by atoms with van der Waals surface area (Å²) in [6, 6.07) is 7.41. The summed E-state index contributed by atoms with van der Waals surface area (Å²) in [4.78, 5) is 31.4. The SMILES string of the molecule is CN(C)/C=C(\C#N)C(=O)c1cc2cc(OC3CCN(C(=O)OC(C)(C)C)CC3)c(Br)cc2[nH]1. The molecule has 1 fully saturated rings. The molecule has 176 valence electrons. The lowest BCUT2D eigenvalue weighted by molar-refractivity contribution is 0.0126. The molecule has 0 unspecified atom stereocenters. The molecule has 9 heteroatoms. The first-order valence-corrected chi connectivity index (χ1v) is 11.6. The number of carbonyl (C=O) groups excluding carboxylic acids is 2. The molecule has 3 rings (SSSR count). The first-order valence-electron chi connectivity index (χ1n) is 10.8. The largest absolute Gasteiger partial charge is 0.489 e. The molecule has 1 aliphatic rings. The van der Waals surface area contributed by atoms with E-state index in [1.807, 2.05) is 39.0 Å². The zero-order valence-electron chi connectivity index (χ0n) is 19.6. The number of ketones is 1. The van der Waals surface area contributed by atoms with Crippen molar-refractivity contribution in [2.45, 2.75) is 45.3 Å². The summed E-state index contributed by atoms with van der Waals surface area (Å²) < 4.78 is 12.4. The van der Waals surface area contributed by atoms with E-state index in [0.29, 0.717) is 37.4 Å². The van der Waals surface area contributed by atoms with Gasteiger partial charge in [-0.15, -0.1) is 0 Å². The summed E-state index contributed by atoms with van der Waals surface area (Å²) in [5.74, 6) is 0.302. The normalized spacial score (nSPS) is 15.3. The fourth-order valence-corrected chi connectivity index (χ4v) is 3.99. The van der Waals surface area contributed by atoms with Crippen LogP contribution in [-0.4, -0.2) is 65.6 Å². The highest BCUT2D eigenvalue weighted by molar-refractivity contribution is 9.10. The quantitative estimate of drug-likeness (QED) is 0.346. The molecule has 0 spiro atoms. The molecule has 1 aliphatic heterocycles. The Balaban J connectivity index is 1.70. The molecule has 33 heavy (non-hydrogen) atoms. The predicted octanol–water partition coefficient (Wildman–Crippen LogP) is 4.86. The smallest absolute Gasteiger partial charge is 0.410 e. The second-order valence-corrected chi connectivity index (χ2v) is 10.1. The van der Waals surface area contributed by atoms with E-state index in [0.717, 1.165) is 15.4 Å². The van der Waals surface area contributed by atoms with Crippen LogP contribution in [0.4, 0.5) is 4.79 Å². The third kappa shape index (κ3) is 6.29. The van der Waals surface area contributed by atoms with Gasteiger partial charge in [0.25, 0.3) is 0 Å². The number of carbonyl (C=O) groups is 2. The summed E-state index contributed by atoms with van der Waals surface area (Å²) in [5.41, 5.74) is 0.644. The van der Waals surface area contributed by atoms with Crippen molar-refractivity contribution in [3.05, 3.63) is 40.1 Å². The van der Waals surface area contributed by atoms with Gasteiger partial charge in [-0.1, -0.05) is 0 Å². The topological polar surface area (TPSA) is 98.7 Å². The number of benzene rings is 1. The zero-order valence-corrected chi connectivity index (χ0v) is 21.2. The molecule has 2 aromatic rings. The van der Waals surface area contributed by atoms with Crippen LogP contribution in [0.15, 0.2) is 34.4 Å². The van der Waals surface area contributed by atoms with E-state index in [1.54, 1.807) is 30.0 Å². The summed E-state index contributed by atoms with van der Waals surface area (Å²) in [7, 11) is 3.52. The average Bonchev–Trinajstić information content (AvgIpc) is 3.13. The van der Waals surface area contributed by atoms with E-state index in [9.17, 15) is 14.9 Å². The number of nitriles is 1. The van der Waals surface area contributed by atoms with Crippen molar-refractivity contribution in [2.75, 3.05) is 27.2 Å². The fourth-order valence-electron chi connectivity index (χ4n) is 3.55. The van der Waals surface area contributed by atoms with E-state index in [1.165, 1.54) is 6.20 Å². The molecule has 1 amide bonds. The van der Waals surface area contributed by atoms with Crippen molar-refractivity contribution in [3.63, 3.8) is 0 Å². The van der Waals surface area contributed by atoms with Crippen LogP contribution in [0.1, 0.15) is 44.1 Å². The van der Waals surface area contributed by atoms with Crippen LogP contribution < -0.4 is 4.74 Å². The van der Waals surface area contributed by atoms with Crippen LogP contribution in [0.5, 0.6) is 5.75 Å². The number of nitrogens with one attached hydrogen (secondary N) is 1. The minimum Gasteiger partial charge on any atom is -0.489 e. The molecule has 0 aliphatic carbocycles. The standard InChI is InChI=1S/C24H29BrN4O4/c1-24(2,3)33-23(31)29-8-6-17(7-9-29)32-21-11-15-10-20(27-19(15)12-18(21)25)22(30)16(13-26)14-28(4)5/h10-12,14,17,27H,6-9H2,1-5H3/b16-14+. The molecule has 0 bridgehead atoms. The van der Waals surface area contributed by atoms with Gasteiger partial charge >= 0.3 is 6.09 Å². The van der Waals surface area contributed by atoms with Gasteiger partial charge in [0.15, 0.2) is 0 Å². The molecule has 0 saturated carbocycles. The lowest BCUT2D eigenvalue weighted by atomic mass is 10.1. The second-order valence-electron chi connectivity index (χ2n) is 9.28. The van der Waals surface area contributed by atoms with E-state index < -0.39 is 5.60 Å². The Kier molecular flexibility index (Phi) is 7.38. The molecule has 1 aromatic heterocycles. The van der Waals surface area contributed by atoms with Gasteiger partial charge in [0.05, 0.1) is 10.2 Å². The number of amides is 1. The highest BCUT2D eigenvalue weighted by Crippen LogP contribution is 2.33. The first kappa shape index (κ1) is 24.6. The highest BCUT2D eigenvalue weighted by Gasteiger charge is 2.28. The maximum atomic E-state index is 12.7. The van der Waals surface area contributed by atoms with E-state index in [2.05, 4.69) is 20.9 Å². The molecule has 1 saturated heterocycles. The number of piperidine rings is 1. The molecular formula is C24H29BrN4O4. The first-order chi connectivity index (χ1) is 15.5. The third-order valence-electron chi connectivity index (χ3n) is 5.06. The number of rotatable bonds is 5. The Morgan fingerprint density at radius 3 is 2.48 bits per heavy atom. The fraction of sp³-hybridized carbons (Fsp3) is 0.458. The molecule has 2 heterocycles. The average molecular weight is 517 g/mol. The second kappa shape index (κ2) is 9.87. The predicted molar refractivity (Wildman–Crippen MR) is 129 cm³/mol. The van der Waals surface area contributed by atoms with Gasteiger partial charge < -0.3 is 24.3 Å². The van der Waals surface area contributed by atoms with Crippen molar-refractivity contribution in [1.29, 1.82) is 5.26 Å². The molecule has 8 nitrogen and oxygen atoms in total. The number of Topliss-reactive ketones (excluding diaryl/α,β-unsaturated/α-hetero) is 1. The van der Waals surface area contributed by atoms with Crippen LogP contribution in [0, 0.1) is 11.3 Å². The highest BCUT2D eigenvalue weighted by atomic mass is 79.9. The van der Waals surface area contributed by atoms with Crippen LogP contribution in [0.2, 0.25) is 0 Å². The monoisotopic (exact) mass is 516 g/mol. The lowest BCUT2D eigenvalue weighted by Gasteiger charge is -2.33. The van der Waals surface area contributed by atoms with Crippen molar-refractivity contribution in [1.82, 2.24) is 14.8 Å². The Labute approximate surface area is 202 Å². The molecule has 0 radical (unpaired) electrons. The number of fused-ring (bicyclic) bond motifs is 1. The van der Waals surface area contributed by atoms with E-state index in [4.69, 9.17) is 9.47 Å². The number of ether oxygens (including phenoxy) is 2. The van der Waals surface area contributed by atoms with Gasteiger partial charge in [0, 0.05) is 57.1 Å². The Morgan fingerprint density at radius 1 is 1.24 bits per heavy atom. The van der Waals surface area contributed by atoms with E-state index in [-0.39, 0.29) is 23.6 Å². The van der Waals surface area contributed by atoms with Crippen molar-refractivity contribution < 1.29 is 19.1 Å². The molecular weight excluding hydrogens is 488 g/mol. The van der Waals surface area contributed by atoms with E-state index >= 15 is 0 Å². The van der Waals surface area contributed by atoms with Crippen LogP contribution >= 0.6 is 15.9 Å². The molecule has 1 aromatic carbocycles. The van der Waals surface area contributed by atoms with Gasteiger partial charge in [0.2, 0.25) is 5.78 Å². The lowest BCUT2D eigenvalue weighted by Crippen LogP contribution is -2.44. The number of aromatic nitrogens is 1. The summed E-state index contributed by atoms with van der Waals surface area (Å²) in [6.07, 6.45) is 2.56. The minimum absolute atomic E-state index is 0.0364. The summed E-state index contributed by atoms with van der Waals surface area (Å²) in [6.45, 7) is 6.70. The van der Waals surface area contributed by atoms with Gasteiger partial charge in [0.1, 0.15) is 29.1 Å². The van der Waals surface area contributed by atoms with Gasteiger partial charge in [-0.3, -0.25) is 4.79 Å². The number of halogens is 1. The number of likely N-dealkylation sites (tertiary alicyclic amines) is 1. The Morgan fingerprint density at radius 2 is 1.91 bits per heavy atom. The van der Waals surface area contributed by atoms with Gasteiger partial charge in [-0.05, 0) is 54.9 Å². The number of aromatic amines is 1. The van der Waals surface area contributed by atoms with Crippen LogP contribution in [0.25, 0.3) is 10.9 Å². The number of hydrogen-bond acceptors (Lipinski definition) is 6. The van der Waals surface area contributed by atoms with Gasteiger partial charge in [-0.2, -0.15) is 5.26 Å². The number of nitrogens with zero attached hydrogens (tertiary/aromatic N) is 3. The number of allylic oxidation sites excluding steroid dienone is 1. The number of H-pyrrole nitrogens is 1. The molecule has 1 N–H and O–H groups in total.